The summed E-state index contributed by atoms with van der Waals surface area (Å²) in [5.74, 6) is 0.490. The Bertz CT molecular complexity index is 1540. The highest BCUT2D eigenvalue weighted by atomic mass is 79.9. The first-order valence-electron chi connectivity index (χ1n) is 11.1. The molecule has 0 aliphatic rings. The molecule has 0 saturated carbocycles. The highest BCUT2D eigenvalue weighted by Crippen LogP contribution is 2.31. The Kier molecular flexibility index (Phi) is 7.21. The van der Waals surface area contributed by atoms with Gasteiger partial charge in [-0.25, -0.2) is 14.7 Å². The zero-order valence-electron chi connectivity index (χ0n) is 19.0. The molecule has 1 N–H and O–H groups in total. The summed E-state index contributed by atoms with van der Waals surface area (Å²) < 4.78 is 3.02. The van der Waals surface area contributed by atoms with Gasteiger partial charge in [0.15, 0.2) is 0 Å². The predicted molar refractivity (Wildman–Crippen MR) is 153 cm³/mol. The van der Waals surface area contributed by atoms with E-state index in [0.717, 1.165) is 32.4 Å². The Hall–Kier alpha value is -3.81. The van der Waals surface area contributed by atoms with Crippen LogP contribution in [0.25, 0.3) is 22.4 Å². The van der Waals surface area contributed by atoms with Crippen LogP contribution in [0.15, 0.2) is 122 Å². The van der Waals surface area contributed by atoms with Gasteiger partial charge in [0.1, 0.15) is 5.75 Å². The standard InChI is InChI=1S/C29H20Br2N4O/c30-25-15-24(28(36)26(31)16-25)18-32-29-34-27(19-35(29)33-17-20-7-3-1-4-8-20)23-13-11-22(12-14-23)21-9-5-2-6-10-21/h1-19,36H. The van der Waals surface area contributed by atoms with Gasteiger partial charge in [-0.05, 0) is 44.8 Å². The number of halogens is 2. The normalized spacial score (nSPS) is 11.5. The van der Waals surface area contributed by atoms with Gasteiger partial charge in [-0.1, -0.05) is 101 Å². The van der Waals surface area contributed by atoms with E-state index in [-0.39, 0.29) is 5.75 Å². The largest absolute Gasteiger partial charge is 0.506 e. The minimum absolute atomic E-state index is 0.101. The maximum atomic E-state index is 10.4. The number of aliphatic imine (C=N–C) groups is 1. The quantitative estimate of drug-likeness (QED) is 0.201. The SMILES string of the molecule is Oc1c(Br)cc(Br)cc1C=Nc1nc(-c2ccc(-c3ccccc3)cc2)cn1N=Cc1ccccc1. The monoisotopic (exact) mass is 598 g/mol. The van der Waals surface area contributed by atoms with Gasteiger partial charge >= 0.3 is 0 Å². The van der Waals surface area contributed by atoms with Crippen molar-refractivity contribution in [2.45, 2.75) is 0 Å². The lowest BCUT2D eigenvalue weighted by Crippen LogP contribution is -1.90. The van der Waals surface area contributed by atoms with E-state index in [1.807, 2.05) is 66.9 Å². The molecule has 5 rings (SSSR count). The third kappa shape index (κ3) is 5.53. The van der Waals surface area contributed by atoms with Crippen LogP contribution >= 0.6 is 31.9 Å². The first-order valence-corrected chi connectivity index (χ1v) is 12.7. The predicted octanol–water partition coefficient (Wildman–Crippen LogP) is 8.08. The summed E-state index contributed by atoms with van der Waals surface area (Å²) in [6, 6.07) is 31.9. The summed E-state index contributed by atoms with van der Waals surface area (Å²) >= 11 is 6.81. The molecule has 0 radical (unpaired) electrons. The van der Waals surface area contributed by atoms with Crippen molar-refractivity contribution in [3.63, 3.8) is 0 Å². The molecule has 0 spiro atoms. The highest BCUT2D eigenvalue weighted by Gasteiger charge is 2.11. The van der Waals surface area contributed by atoms with Gasteiger partial charge in [-0.2, -0.15) is 5.10 Å². The fraction of sp³-hybridized carbons (Fsp3) is 0. The molecular formula is C29H20Br2N4O. The zero-order valence-corrected chi connectivity index (χ0v) is 22.1. The maximum Gasteiger partial charge on any atom is 0.251 e. The summed E-state index contributed by atoms with van der Waals surface area (Å²) in [7, 11) is 0. The van der Waals surface area contributed by atoms with Gasteiger partial charge in [-0.3, -0.25) is 0 Å². The summed E-state index contributed by atoms with van der Waals surface area (Å²) in [5, 5.41) is 15.0. The Morgan fingerprint density at radius 1 is 0.750 bits per heavy atom. The van der Waals surface area contributed by atoms with Crippen LogP contribution in [-0.2, 0) is 0 Å². The van der Waals surface area contributed by atoms with E-state index >= 15 is 0 Å². The second-order valence-electron chi connectivity index (χ2n) is 7.95. The molecule has 5 nitrogen and oxygen atoms in total. The Labute approximate surface area is 225 Å². The number of imidazole rings is 1. The van der Waals surface area contributed by atoms with E-state index in [0.29, 0.717) is 16.0 Å². The maximum absolute atomic E-state index is 10.4. The molecule has 0 aliphatic heterocycles. The number of hydrogen-bond acceptors (Lipinski definition) is 4. The molecule has 1 aromatic heterocycles. The molecule has 0 saturated heterocycles. The van der Waals surface area contributed by atoms with Crippen LogP contribution in [0.5, 0.6) is 5.75 Å². The average Bonchev–Trinajstić information content (AvgIpc) is 3.33. The summed E-state index contributed by atoms with van der Waals surface area (Å²) in [6.07, 6.45) is 5.18. The van der Waals surface area contributed by atoms with Gasteiger partial charge in [-0.15, -0.1) is 0 Å². The fourth-order valence-corrected chi connectivity index (χ4v) is 4.88. The molecule has 4 aromatic carbocycles. The van der Waals surface area contributed by atoms with Crippen molar-refractivity contribution in [3.8, 4) is 28.1 Å². The van der Waals surface area contributed by atoms with E-state index in [1.165, 1.54) is 0 Å². The van der Waals surface area contributed by atoms with E-state index in [1.54, 1.807) is 29.2 Å². The number of aromatic hydroxyl groups is 1. The Morgan fingerprint density at radius 2 is 1.39 bits per heavy atom. The summed E-state index contributed by atoms with van der Waals surface area (Å²) in [5.41, 5.74) is 5.50. The molecule has 7 heteroatoms. The van der Waals surface area contributed by atoms with Crippen LogP contribution in [0.2, 0.25) is 0 Å². The fourth-order valence-electron chi connectivity index (χ4n) is 3.62. The number of phenols is 1. The van der Waals surface area contributed by atoms with E-state index < -0.39 is 0 Å². The molecule has 0 atom stereocenters. The van der Waals surface area contributed by atoms with E-state index in [9.17, 15) is 5.11 Å². The third-order valence-corrected chi connectivity index (χ3v) is 6.53. The van der Waals surface area contributed by atoms with Gasteiger partial charge in [0, 0.05) is 21.8 Å². The Morgan fingerprint density at radius 3 is 2.11 bits per heavy atom. The number of aromatic nitrogens is 2. The lowest BCUT2D eigenvalue weighted by molar-refractivity contribution is 0.471. The second kappa shape index (κ2) is 10.8. The second-order valence-corrected chi connectivity index (χ2v) is 9.72. The van der Waals surface area contributed by atoms with E-state index in [4.69, 9.17) is 4.98 Å². The average molecular weight is 600 g/mol. The molecule has 0 fully saturated rings. The molecular weight excluding hydrogens is 580 g/mol. The van der Waals surface area contributed by atoms with Crippen molar-refractivity contribution >= 4 is 50.2 Å². The van der Waals surface area contributed by atoms with Crippen molar-refractivity contribution in [3.05, 3.63) is 123 Å². The molecule has 0 amide bonds. The van der Waals surface area contributed by atoms with Crippen LogP contribution in [0.4, 0.5) is 5.95 Å². The van der Waals surface area contributed by atoms with Crippen molar-refractivity contribution < 1.29 is 5.11 Å². The number of rotatable bonds is 6. The molecule has 0 bridgehead atoms. The van der Waals surface area contributed by atoms with Gasteiger partial charge in [0.05, 0.1) is 22.6 Å². The van der Waals surface area contributed by atoms with Crippen LogP contribution in [0.3, 0.4) is 0 Å². The van der Waals surface area contributed by atoms with Crippen LogP contribution in [0.1, 0.15) is 11.1 Å². The van der Waals surface area contributed by atoms with Crippen molar-refractivity contribution in [1.82, 2.24) is 9.66 Å². The molecule has 0 unspecified atom stereocenters. The number of benzene rings is 4. The first kappa shape index (κ1) is 23.9. The number of nitrogens with zero attached hydrogens (tertiary/aromatic N) is 4. The van der Waals surface area contributed by atoms with Gasteiger partial charge in [0.25, 0.3) is 5.95 Å². The lowest BCUT2D eigenvalue weighted by Gasteiger charge is -2.02. The zero-order chi connectivity index (χ0) is 24.9. The van der Waals surface area contributed by atoms with Crippen molar-refractivity contribution in [2.75, 3.05) is 0 Å². The smallest absolute Gasteiger partial charge is 0.251 e. The number of hydrogen-bond donors (Lipinski definition) is 1. The molecule has 176 valence electrons. The Balaban J connectivity index is 1.51. The molecule has 5 aromatic rings. The third-order valence-electron chi connectivity index (χ3n) is 5.47. The summed E-state index contributed by atoms with van der Waals surface area (Å²) in [4.78, 5) is 9.29. The topological polar surface area (TPSA) is 62.8 Å². The molecule has 0 aliphatic carbocycles. The molecule has 1 heterocycles. The van der Waals surface area contributed by atoms with E-state index in [2.05, 4.69) is 66.2 Å². The highest BCUT2D eigenvalue weighted by molar-refractivity contribution is 9.11. The van der Waals surface area contributed by atoms with Crippen LogP contribution < -0.4 is 0 Å². The van der Waals surface area contributed by atoms with Gasteiger partial charge in [0.2, 0.25) is 0 Å². The minimum atomic E-state index is 0.101. The van der Waals surface area contributed by atoms with Crippen molar-refractivity contribution in [2.24, 2.45) is 10.1 Å². The summed E-state index contributed by atoms with van der Waals surface area (Å²) in [6.45, 7) is 0. The lowest BCUT2D eigenvalue weighted by atomic mass is 10.0. The first-order chi connectivity index (χ1) is 17.6. The van der Waals surface area contributed by atoms with Crippen molar-refractivity contribution in [1.29, 1.82) is 0 Å². The van der Waals surface area contributed by atoms with Gasteiger partial charge < -0.3 is 5.11 Å². The molecule has 36 heavy (non-hydrogen) atoms. The van der Waals surface area contributed by atoms with Crippen LogP contribution in [0, 0.1) is 0 Å². The minimum Gasteiger partial charge on any atom is -0.506 e. The van der Waals surface area contributed by atoms with Crippen LogP contribution in [-0.4, -0.2) is 27.2 Å². The number of phenolic OH excluding ortho intramolecular Hbond substituents is 1.